The zero-order chi connectivity index (χ0) is 12.5. The van der Waals surface area contributed by atoms with E-state index in [9.17, 15) is 13.2 Å². The fraction of sp³-hybridized carbons (Fsp3) is 0.800. The molecule has 0 bridgehead atoms. The Morgan fingerprint density at radius 1 is 1.22 bits per heavy atom. The Balaban J connectivity index is 0.00000162. The summed E-state index contributed by atoms with van der Waals surface area (Å²) < 4.78 is 41.4. The van der Waals surface area contributed by atoms with Crippen LogP contribution in [0.15, 0.2) is 4.42 Å². The first-order chi connectivity index (χ1) is 7.96. The van der Waals surface area contributed by atoms with E-state index in [2.05, 4.69) is 10.2 Å². The standard InChI is InChI=1S/C10H14F3N3O.ClH/c11-10(12,13)5-8-15-16-9(17-8)6-3-1-2-4-7(6)14;/h6-7H,1-5,14H2;1H/t6-,7-;/m1./s1. The molecule has 2 rings (SSSR count). The molecular formula is C10H15ClF3N3O. The van der Waals surface area contributed by atoms with Crippen molar-refractivity contribution in [2.75, 3.05) is 0 Å². The Morgan fingerprint density at radius 2 is 1.89 bits per heavy atom. The second-order valence-corrected chi connectivity index (χ2v) is 4.38. The number of hydrogen-bond donors (Lipinski definition) is 1. The summed E-state index contributed by atoms with van der Waals surface area (Å²) in [5.74, 6) is -0.236. The predicted octanol–water partition coefficient (Wildman–Crippen LogP) is 2.58. The Morgan fingerprint density at radius 3 is 2.50 bits per heavy atom. The third kappa shape index (κ3) is 3.84. The molecule has 0 saturated heterocycles. The zero-order valence-corrected chi connectivity index (χ0v) is 10.4. The van der Waals surface area contributed by atoms with Gasteiger partial charge in [0.15, 0.2) is 0 Å². The van der Waals surface area contributed by atoms with E-state index in [1.807, 2.05) is 0 Å². The summed E-state index contributed by atoms with van der Waals surface area (Å²) in [6, 6.07) is -0.0945. The van der Waals surface area contributed by atoms with E-state index in [0.717, 1.165) is 25.7 Å². The van der Waals surface area contributed by atoms with Crippen molar-refractivity contribution in [3.8, 4) is 0 Å². The number of nitrogens with zero attached hydrogens (tertiary/aromatic N) is 2. The molecule has 1 aliphatic carbocycles. The molecule has 2 N–H and O–H groups in total. The van der Waals surface area contributed by atoms with E-state index in [1.165, 1.54) is 0 Å². The first kappa shape index (κ1) is 15.2. The number of aromatic nitrogens is 2. The van der Waals surface area contributed by atoms with E-state index in [-0.39, 0.29) is 36.1 Å². The normalized spacial score (nSPS) is 24.7. The summed E-state index contributed by atoms with van der Waals surface area (Å²) in [6.45, 7) is 0. The van der Waals surface area contributed by atoms with Crippen LogP contribution in [0.3, 0.4) is 0 Å². The van der Waals surface area contributed by atoms with E-state index in [0.29, 0.717) is 0 Å². The summed E-state index contributed by atoms with van der Waals surface area (Å²) in [4.78, 5) is 0. The van der Waals surface area contributed by atoms with Gasteiger partial charge >= 0.3 is 6.18 Å². The van der Waals surface area contributed by atoms with Crippen LogP contribution in [0.5, 0.6) is 0 Å². The van der Waals surface area contributed by atoms with Crippen molar-refractivity contribution in [1.29, 1.82) is 0 Å². The Kier molecular flexibility index (Phi) is 4.98. The minimum atomic E-state index is -4.32. The molecule has 1 aromatic rings. The number of nitrogens with two attached hydrogens (primary N) is 1. The van der Waals surface area contributed by atoms with Gasteiger partial charge in [-0.2, -0.15) is 13.2 Å². The highest BCUT2D eigenvalue weighted by molar-refractivity contribution is 5.85. The molecule has 0 unspecified atom stereocenters. The molecule has 0 spiro atoms. The van der Waals surface area contributed by atoms with Crippen LogP contribution in [0.2, 0.25) is 0 Å². The molecule has 0 aromatic carbocycles. The van der Waals surface area contributed by atoms with Crippen molar-refractivity contribution in [2.24, 2.45) is 5.73 Å². The van der Waals surface area contributed by atoms with E-state index >= 15 is 0 Å². The topological polar surface area (TPSA) is 64.9 Å². The van der Waals surface area contributed by atoms with Gasteiger partial charge in [0.2, 0.25) is 11.8 Å². The van der Waals surface area contributed by atoms with Gasteiger partial charge in [0.25, 0.3) is 0 Å². The zero-order valence-electron chi connectivity index (χ0n) is 9.61. The van der Waals surface area contributed by atoms with Crippen molar-refractivity contribution in [1.82, 2.24) is 10.2 Å². The highest BCUT2D eigenvalue weighted by atomic mass is 35.5. The van der Waals surface area contributed by atoms with Crippen LogP contribution in [-0.2, 0) is 6.42 Å². The monoisotopic (exact) mass is 285 g/mol. The minimum Gasteiger partial charge on any atom is -0.425 e. The summed E-state index contributed by atoms with van der Waals surface area (Å²) in [7, 11) is 0. The first-order valence-electron chi connectivity index (χ1n) is 5.60. The van der Waals surface area contributed by atoms with Gasteiger partial charge in [-0.25, -0.2) is 0 Å². The molecule has 1 aromatic heterocycles. The lowest BCUT2D eigenvalue weighted by Crippen LogP contribution is -2.31. The van der Waals surface area contributed by atoms with Gasteiger partial charge in [0, 0.05) is 6.04 Å². The maximum Gasteiger partial charge on any atom is 0.397 e. The fourth-order valence-electron chi connectivity index (χ4n) is 2.13. The van der Waals surface area contributed by atoms with Crippen molar-refractivity contribution >= 4 is 12.4 Å². The van der Waals surface area contributed by atoms with E-state index in [4.69, 9.17) is 10.2 Å². The van der Waals surface area contributed by atoms with Gasteiger partial charge in [0.1, 0.15) is 6.42 Å². The molecule has 0 amide bonds. The van der Waals surface area contributed by atoms with Crippen LogP contribution in [-0.4, -0.2) is 22.4 Å². The molecule has 4 nitrogen and oxygen atoms in total. The highest BCUT2D eigenvalue weighted by Crippen LogP contribution is 2.31. The summed E-state index contributed by atoms with van der Waals surface area (Å²) in [5.41, 5.74) is 5.90. The molecule has 8 heteroatoms. The third-order valence-corrected chi connectivity index (χ3v) is 2.97. The predicted molar refractivity (Wildman–Crippen MR) is 60.5 cm³/mol. The van der Waals surface area contributed by atoms with Crippen molar-refractivity contribution in [3.63, 3.8) is 0 Å². The maximum atomic E-state index is 12.1. The molecule has 0 aliphatic heterocycles. The molecule has 1 saturated carbocycles. The van der Waals surface area contributed by atoms with Crippen LogP contribution in [0.1, 0.15) is 43.4 Å². The van der Waals surface area contributed by atoms with Gasteiger partial charge < -0.3 is 10.2 Å². The largest absolute Gasteiger partial charge is 0.425 e. The number of hydrogen-bond acceptors (Lipinski definition) is 4. The third-order valence-electron chi connectivity index (χ3n) is 2.97. The second kappa shape index (κ2) is 5.88. The van der Waals surface area contributed by atoms with E-state index in [1.54, 1.807) is 0 Å². The second-order valence-electron chi connectivity index (χ2n) is 4.38. The smallest absolute Gasteiger partial charge is 0.397 e. The summed E-state index contributed by atoms with van der Waals surface area (Å²) in [6.07, 6.45) is -1.81. The molecule has 2 atom stereocenters. The van der Waals surface area contributed by atoms with Gasteiger partial charge in [-0.15, -0.1) is 22.6 Å². The molecule has 18 heavy (non-hydrogen) atoms. The van der Waals surface area contributed by atoms with Crippen molar-refractivity contribution < 1.29 is 17.6 Å². The van der Waals surface area contributed by atoms with Crippen molar-refractivity contribution in [2.45, 2.75) is 50.2 Å². The van der Waals surface area contributed by atoms with Gasteiger partial charge in [0.05, 0.1) is 5.92 Å². The minimum absolute atomic E-state index is 0. The summed E-state index contributed by atoms with van der Waals surface area (Å²) in [5, 5.41) is 7.10. The molecule has 1 fully saturated rings. The van der Waals surface area contributed by atoms with Crippen LogP contribution in [0, 0.1) is 0 Å². The van der Waals surface area contributed by atoms with E-state index < -0.39 is 12.6 Å². The lowest BCUT2D eigenvalue weighted by molar-refractivity contribution is -0.131. The van der Waals surface area contributed by atoms with Gasteiger partial charge in [-0.05, 0) is 12.8 Å². The lowest BCUT2D eigenvalue weighted by Gasteiger charge is -2.25. The van der Waals surface area contributed by atoms with Crippen LogP contribution >= 0.6 is 12.4 Å². The molecule has 1 heterocycles. The highest BCUT2D eigenvalue weighted by Gasteiger charge is 2.33. The Labute approximate surface area is 109 Å². The summed E-state index contributed by atoms with van der Waals surface area (Å²) >= 11 is 0. The lowest BCUT2D eigenvalue weighted by atomic mass is 9.85. The van der Waals surface area contributed by atoms with Crippen LogP contribution in [0.25, 0.3) is 0 Å². The fourth-order valence-corrected chi connectivity index (χ4v) is 2.13. The van der Waals surface area contributed by atoms with Crippen molar-refractivity contribution in [3.05, 3.63) is 11.8 Å². The van der Waals surface area contributed by atoms with Gasteiger partial charge in [-0.3, -0.25) is 0 Å². The van der Waals surface area contributed by atoms with Crippen LogP contribution in [0.4, 0.5) is 13.2 Å². The quantitative estimate of drug-likeness (QED) is 0.907. The average Bonchev–Trinajstić information content (AvgIpc) is 2.64. The molecule has 0 radical (unpaired) electrons. The van der Waals surface area contributed by atoms with Gasteiger partial charge in [-0.1, -0.05) is 12.8 Å². The Hall–Kier alpha value is -0.820. The number of halogens is 4. The molecule has 104 valence electrons. The maximum absolute atomic E-state index is 12.1. The molecular weight excluding hydrogens is 271 g/mol. The first-order valence-corrected chi connectivity index (χ1v) is 5.60. The number of alkyl halides is 3. The SMILES string of the molecule is Cl.N[C@@H]1CCCC[C@H]1c1nnc(CC(F)(F)F)o1. The average molecular weight is 286 g/mol. The Bertz CT molecular complexity index is 383. The number of rotatable bonds is 2. The van der Waals surface area contributed by atoms with Crippen LogP contribution < -0.4 is 5.73 Å². The molecule has 1 aliphatic rings.